The molecule has 1 aromatic carbocycles. The molecule has 5 nitrogen and oxygen atoms in total. The van der Waals surface area contributed by atoms with Crippen LogP contribution in [0, 0.1) is 6.92 Å². The number of aryl methyl sites for hydroxylation is 1. The molecule has 1 heterocycles. The van der Waals surface area contributed by atoms with Crippen LogP contribution in [0.1, 0.15) is 37.2 Å². The first-order chi connectivity index (χ1) is 9.99. The lowest BCUT2D eigenvalue weighted by Crippen LogP contribution is -2.38. The van der Waals surface area contributed by atoms with Crippen LogP contribution >= 0.6 is 0 Å². The Kier molecular flexibility index (Phi) is 4.52. The summed E-state index contributed by atoms with van der Waals surface area (Å²) in [7, 11) is 0. The fourth-order valence-corrected chi connectivity index (χ4v) is 2.07. The number of amides is 1. The highest BCUT2D eigenvalue weighted by Crippen LogP contribution is 2.12. The molecule has 0 radical (unpaired) electrons. The number of hydrogen-bond acceptors (Lipinski definition) is 3. The predicted octanol–water partition coefficient (Wildman–Crippen LogP) is 1.99. The normalized spacial score (nSPS) is 13.5. The highest BCUT2D eigenvalue weighted by atomic mass is 16.2. The lowest BCUT2D eigenvalue weighted by molar-refractivity contribution is -0.124. The third-order valence-electron chi connectivity index (χ3n) is 3.36. The highest BCUT2D eigenvalue weighted by molar-refractivity contribution is 5.80. The van der Waals surface area contributed by atoms with E-state index in [1.807, 2.05) is 37.3 Å². The van der Waals surface area contributed by atoms with E-state index in [9.17, 15) is 9.59 Å². The smallest absolute Gasteiger partial charge is 0.267 e. The van der Waals surface area contributed by atoms with E-state index in [4.69, 9.17) is 0 Å². The quantitative estimate of drug-likeness (QED) is 0.934. The fourth-order valence-electron chi connectivity index (χ4n) is 2.07. The number of nitrogens with zero attached hydrogens (tertiary/aromatic N) is 2. The Morgan fingerprint density at radius 2 is 1.81 bits per heavy atom. The van der Waals surface area contributed by atoms with Gasteiger partial charge in [-0.2, -0.15) is 5.10 Å². The van der Waals surface area contributed by atoms with Crippen molar-refractivity contribution in [3.05, 3.63) is 64.1 Å². The molecule has 0 saturated carbocycles. The maximum absolute atomic E-state index is 12.3. The topological polar surface area (TPSA) is 64.0 Å². The second-order valence-electron chi connectivity index (χ2n) is 5.07. The molecule has 110 valence electrons. The van der Waals surface area contributed by atoms with Crippen molar-refractivity contribution < 1.29 is 4.79 Å². The molecule has 0 spiro atoms. The maximum Gasteiger partial charge on any atom is 0.267 e. The van der Waals surface area contributed by atoms with Crippen LogP contribution < -0.4 is 10.9 Å². The molecule has 0 bridgehead atoms. The van der Waals surface area contributed by atoms with Crippen LogP contribution in [0.3, 0.4) is 0 Å². The van der Waals surface area contributed by atoms with E-state index in [2.05, 4.69) is 10.4 Å². The average molecular weight is 285 g/mol. The molecule has 0 aliphatic carbocycles. The van der Waals surface area contributed by atoms with Crippen LogP contribution in [-0.2, 0) is 4.79 Å². The van der Waals surface area contributed by atoms with Crippen LogP contribution in [0.15, 0.2) is 47.3 Å². The zero-order valence-corrected chi connectivity index (χ0v) is 12.4. The van der Waals surface area contributed by atoms with Crippen molar-refractivity contribution in [1.82, 2.24) is 15.1 Å². The lowest BCUT2D eigenvalue weighted by atomic mass is 10.1. The monoisotopic (exact) mass is 285 g/mol. The molecule has 21 heavy (non-hydrogen) atoms. The van der Waals surface area contributed by atoms with Crippen LogP contribution in [0.4, 0.5) is 0 Å². The summed E-state index contributed by atoms with van der Waals surface area (Å²) in [6, 6.07) is 12.0. The van der Waals surface area contributed by atoms with Crippen LogP contribution in [-0.4, -0.2) is 15.7 Å². The van der Waals surface area contributed by atoms with Crippen molar-refractivity contribution in [1.29, 1.82) is 0 Å². The highest BCUT2D eigenvalue weighted by Gasteiger charge is 2.19. The largest absolute Gasteiger partial charge is 0.348 e. The number of hydrogen-bond donors (Lipinski definition) is 1. The lowest BCUT2D eigenvalue weighted by Gasteiger charge is -2.18. The Hall–Kier alpha value is -2.43. The molecule has 2 aromatic rings. The summed E-state index contributed by atoms with van der Waals surface area (Å²) in [4.78, 5) is 24.1. The van der Waals surface area contributed by atoms with Gasteiger partial charge in [-0.05, 0) is 32.4 Å². The molecule has 2 unspecified atom stereocenters. The number of rotatable bonds is 4. The Morgan fingerprint density at radius 1 is 1.14 bits per heavy atom. The first kappa shape index (κ1) is 15.0. The zero-order chi connectivity index (χ0) is 15.4. The first-order valence-corrected chi connectivity index (χ1v) is 6.91. The fraction of sp³-hybridized carbons (Fsp3) is 0.312. The third kappa shape index (κ3) is 3.56. The molecule has 1 N–H and O–H groups in total. The van der Waals surface area contributed by atoms with Crippen molar-refractivity contribution in [2.24, 2.45) is 0 Å². The van der Waals surface area contributed by atoms with Crippen molar-refractivity contribution in [2.75, 3.05) is 0 Å². The molecule has 2 atom stereocenters. The maximum atomic E-state index is 12.3. The molecular weight excluding hydrogens is 266 g/mol. The van der Waals surface area contributed by atoms with Gasteiger partial charge in [-0.15, -0.1) is 0 Å². The predicted molar refractivity (Wildman–Crippen MR) is 80.9 cm³/mol. The van der Waals surface area contributed by atoms with Gasteiger partial charge < -0.3 is 5.32 Å². The van der Waals surface area contributed by atoms with Crippen molar-refractivity contribution in [2.45, 2.75) is 32.9 Å². The van der Waals surface area contributed by atoms with Gasteiger partial charge >= 0.3 is 0 Å². The van der Waals surface area contributed by atoms with Gasteiger partial charge in [-0.3, -0.25) is 9.59 Å². The van der Waals surface area contributed by atoms with E-state index in [0.717, 1.165) is 5.56 Å². The SMILES string of the molecule is Cc1ccc(=O)n(C(C)C(=O)NC(C)c2ccccc2)n1. The van der Waals surface area contributed by atoms with Crippen molar-refractivity contribution >= 4 is 5.91 Å². The standard InChI is InChI=1S/C16H19N3O2/c1-11-9-10-15(20)19(18-11)13(3)16(21)17-12(2)14-7-5-4-6-8-14/h4-10,12-13H,1-3H3,(H,17,21). The van der Waals surface area contributed by atoms with Crippen LogP contribution in [0.25, 0.3) is 0 Å². The second-order valence-corrected chi connectivity index (χ2v) is 5.07. The average Bonchev–Trinajstić information content (AvgIpc) is 2.49. The molecule has 0 fully saturated rings. The molecule has 2 rings (SSSR count). The Labute approximate surface area is 123 Å². The molecule has 5 heteroatoms. The molecule has 0 aliphatic heterocycles. The second kappa shape index (κ2) is 6.35. The van der Waals surface area contributed by atoms with Gasteiger partial charge in [-0.1, -0.05) is 30.3 Å². The van der Waals surface area contributed by atoms with Gasteiger partial charge in [-0.25, -0.2) is 4.68 Å². The number of carbonyl (C=O) groups is 1. The van der Waals surface area contributed by atoms with Gasteiger partial charge in [0.1, 0.15) is 6.04 Å². The summed E-state index contributed by atoms with van der Waals surface area (Å²) >= 11 is 0. The van der Waals surface area contributed by atoms with Crippen molar-refractivity contribution in [3.63, 3.8) is 0 Å². The van der Waals surface area contributed by atoms with E-state index in [-0.39, 0.29) is 17.5 Å². The van der Waals surface area contributed by atoms with Crippen molar-refractivity contribution in [3.8, 4) is 0 Å². The van der Waals surface area contributed by atoms with Gasteiger partial charge in [0.15, 0.2) is 0 Å². The first-order valence-electron chi connectivity index (χ1n) is 6.91. The summed E-state index contributed by atoms with van der Waals surface area (Å²) in [5.41, 5.74) is 1.43. The number of benzene rings is 1. The molecular formula is C16H19N3O2. The minimum absolute atomic E-state index is 0.123. The zero-order valence-electron chi connectivity index (χ0n) is 12.4. The molecule has 1 amide bonds. The Bertz CT molecular complexity index is 679. The number of aromatic nitrogens is 2. The van der Waals surface area contributed by atoms with E-state index in [0.29, 0.717) is 5.69 Å². The van der Waals surface area contributed by atoms with Gasteiger partial charge in [0.05, 0.1) is 11.7 Å². The summed E-state index contributed by atoms with van der Waals surface area (Å²) < 4.78 is 1.21. The minimum atomic E-state index is -0.649. The van der Waals surface area contributed by atoms with Crippen LogP contribution in [0.2, 0.25) is 0 Å². The van der Waals surface area contributed by atoms with E-state index in [1.54, 1.807) is 19.9 Å². The Balaban J connectivity index is 2.13. The third-order valence-corrected chi connectivity index (χ3v) is 3.36. The van der Waals surface area contributed by atoms with Gasteiger partial charge in [0.25, 0.3) is 5.56 Å². The summed E-state index contributed by atoms with van der Waals surface area (Å²) in [5, 5.41) is 7.02. The summed E-state index contributed by atoms with van der Waals surface area (Å²) in [6.07, 6.45) is 0. The number of nitrogens with one attached hydrogen (secondary N) is 1. The van der Waals surface area contributed by atoms with E-state index in [1.165, 1.54) is 10.7 Å². The van der Waals surface area contributed by atoms with Gasteiger partial charge in [0.2, 0.25) is 5.91 Å². The van der Waals surface area contributed by atoms with Gasteiger partial charge in [0, 0.05) is 6.07 Å². The van der Waals surface area contributed by atoms with Crippen LogP contribution in [0.5, 0.6) is 0 Å². The molecule has 1 aromatic heterocycles. The van der Waals surface area contributed by atoms with E-state index >= 15 is 0 Å². The molecule has 0 aliphatic rings. The minimum Gasteiger partial charge on any atom is -0.348 e. The summed E-state index contributed by atoms with van der Waals surface area (Å²) in [5.74, 6) is -0.230. The molecule has 0 saturated heterocycles. The Morgan fingerprint density at radius 3 is 2.48 bits per heavy atom. The summed E-state index contributed by atoms with van der Waals surface area (Å²) in [6.45, 7) is 5.36. The number of carbonyl (C=O) groups excluding carboxylic acids is 1. The van der Waals surface area contributed by atoms with E-state index < -0.39 is 6.04 Å².